The Labute approximate surface area is 146 Å². The number of pyridine rings is 2. The van der Waals surface area contributed by atoms with E-state index in [4.69, 9.17) is 0 Å². The third-order valence-corrected chi connectivity index (χ3v) is 5.36. The predicted molar refractivity (Wildman–Crippen MR) is 102 cm³/mol. The van der Waals surface area contributed by atoms with Gasteiger partial charge in [0.2, 0.25) is 0 Å². The lowest BCUT2D eigenvalue weighted by atomic mass is 9.90. The van der Waals surface area contributed by atoms with Crippen molar-refractivity contribution in [2.75, 3.05) is 13.1 Å². The van der Waals surface area contributed by atoms with E-state index in [0.717, 1.165) is 18.7 Å². The van der Waals surface area contributed by atoms with Crippen LogP contribution in [0.2, 0.25) is 0 Å². The minimum atomic E-state index is 0.553. The Morgan fingerprint density at radius 1 is 1.08 bits per heavy atom. The minimum Gasteiger partial charge on any atom is -0.346 e. The molecule has 5 rings (SSSR count). The first-order chi connectivity index (χ1) is 12.3. The lowest BCUT2D eigenvalue weighted by molar-refractivity contribution is 0.770. The van der Waals surface area contributed by atoms with Crippen LogP contribution < -0.4 is 5.32 Å². The molecule has 4 heteroatoms. The van der Waals surface area contributed by atoms with Crippen LogP contribution in [0.15, 0.2) is 49.1 Å². The number of aromatic nitrogens is 3. The van der Waals surface area contributed by atoms with Crippen molar-refractivity contribution in [3.8, 4) is 11.1 Å². The van der Waals surface area contributed by atoms with Gasteiger partial charge in [-0.05, 0) is 66.1 Å². The maximum absolute atomic E-state index is 4.61. The zero-order valence-electron chi connectivity index (χ0n) is 14.2. The molecule has 0 bridgehead atoms. The Balaban J connectivity index is 1.73. The van der Waals surface area contributed by atoms with E-state index in [0.29, 0.717) is 5.92 Å². The number of aromatic amines is 1. The monoisotopic (exact) mass is 328 g/mol. The van der Waals surface area contributed by atoms with Crippen LogP contribution in [0.1, 0.15) is 23.5 Å². The summed E-state index contributed by atoms with van der Waals surface area (Å²) in [4.78, 5) is 12.2. The van der Waals surface area contributed by atoms with Gasteiger partial charge in [-0.25, -0.2) is 4.98 Å². The van der Waals surface area contributed by atoms with Crippen molar-refractivity contribution in [3.05, 3.63) is 60.2 Å². The maximum Gasteiger partial charge on any atom is 0.137 e. The highest BCUT2D eigenvalue weighted by Gasteiger charge is 2.20. The summed E-state index contributed by atoms with van der Waals surface area (Å²) in [5, 5.41) is 7.20. The van der Waals surface area contributed by atoms with E-state index < -0.39 is 0 Å². The third kappa shape index (κ3) is 2.41. The van der Waals surface area contributed by atoms with E-state index in [1.807, 2.05) is 24.8 Å². The van der Waals surface area contributed by atoms with Crippen molar-refractivity contribution in [1.82, 2.24) is 20.3 Å². The van der Waals surface area contributed by atoms with Crippen LogP contribution in [-0.4, -0.2) is 28.0 Å². The van der Waals surface area contributed by atoms with Gasteiger partial charge >= 0.3 is 0 Å². The zero-order valence-corrected chi connectivity index (χ0v) is 14.2. The van der Waals surface area contributed by atoms with Crippen LogP contribution in [0.25, 0.3) is 32.9 Å². The zero-order chi connectivity index (χ0) is 16.8. The maximum atomic E-state index is 4.61. The fourth-order valence-electron chi connectivity index (χ4n) is 3.94. The molecule has 0 saturated carbocycles. The van der Waals surface area contributed by atoms with Crippen LogP contribution in [0.3, 0.4) is 0 Å². The molecule has 2 N–H and O–H groups in total. The number of rotatable bonds is 2. The molecule has 25 heavy (non-hydrogen) atoms. The standard InChI is InChI=1S/C21H20N4/c1-13-9-24-21-18(13)8-17(11-25-21)16-6-14-2-4-23-12-20(14)19(7-16)15-3-5-22-10-15/h2,4,6-9,11-12,15,22H,3,5,10H2,1H3,(H,24,25). The minimum absolute atomic E-state index is 0.553. The summed E-state index contributed by atoms with van der Waals surface area (Å²) in [5.74, 6) is 0.553. The van der Waals surface area contributed by atoms with E-state index in [9.17, 15) is 0 Å². The van der Waals surface area contributed by atoms with Gasteiger partial charge in [0.05, 0.1) is 0 Å². The van der Waals surface area contributed by atoms with Gasteiger partial charge in [-0.2, -0.15) is 0 Å². The number of H-pyrrole nitrogens is 1. The highest BCUT2D eigenvalue weighted by Crippen LogP contribution is 2.34. The molecule has 1 unspecified atom stereocenters. The number of benzene rings is 1. The summed E-state index contributed by atoms with van der Waals surface area (Å²) in [7, 11) is 0. The smallest absolute Gasteiger partial charge is 0.137 e. The van der Waals surface area contributed by atoms with Crippen molar-refractivity contribution in [3.63, 3.8) is 0 Å². The van der Waals surface area contributed by atoms with Crippen molar-refractivity contribution in [1.29, 1.82) is 0 Å². The summed E-state index contributed by atoms with van der Waals surface area (Å²) >= 11 is 0. The van der Waals surface area contributed by atoms with Gasteiger partial charge < -0.3 is 10.3 Å². The third-order valence-electron chi connectivity index (χ3n) is 5.36. The molecule has 1 fully saturated rings. The summed E-state index contributed by atoms with van der Waals surface area (Å²) in [6.45, 7) is 4.25. The molecule has 1 atom stereocenters. The molecule has 1 aliphatic rings. The fourth-order valence-corrected chi connectivity index (χ4v) is 3.94. The van der Waals surface area contributed by atoms with E-state index in [1.165, 1.54) is 44.8 Å². The van der Waals surface area contributed by atoms with Crippen LogP contribution in [0.4, 0.5) is 0 Å². The van der Waals surface area contributed by atoms with Crippen LogP contribution in [0, 0.1) is 6.92 Å². The number of fused-ring (bicyclic) bond motifs is 2. The van der Waals surface area contributed by atoms with Crippen LogP contribution in [0.5, 0.6) is 0 Å². The number of hydrogen-bond acceptors (Lipinski definition) is 3. The summed E-state index contributed by atoms with van der Waals surface area (Å²) < 4.78 is 0. The highest BCUT2D eigenvalue weighted by atomic mass is 14.9. The molecule has 1 aromatic carbocycles. The Bertz CT molecular complexity index is 1070. The molecule has 0 aliphatic carbocycles. The topological polar surface area (TPSA) is 53.6 Å². The largest absolute Gasteiger partial charge is 0.346 e. The summed E-state index contributed by atoms with van der Waals surface area (Å²) in [6.07, 6.45) is 9.05. The predicted octanol–water partition coefficient (Wildman–Crippen LogP) is 4.16. The second kappa shape index (κ2) is 5.67. The lowest BCUT2D eigenvalue weighted by Gasteiger charge is -2.15. The van der Waals surface area contributed by atoms with Crippen LogP contribution >= 0.6 is 0 Å². The van der Waals surface area contributed by atoms with Crippen molar-refractivity contribution in [2.45, 2.75) is 19.3 Å². The summed E-state index contributed by atoms with van der Waals surface area (Å²) in [6, 6.07) is 8.95. The molecular weight excluding hydrogens is 308 g/mol. The number of nitrogens with one attached hydrogen (secondary N) is 2. The Hall–Kier alpha value is -2.72. The molecule has 4 nitrogen and oxygen atoms in total. The SMILES string of the molecule is Cc1c[nH]c2ncc(-c3cc(C4CCNC4)c4cnccc4c3)cc12. The van der Waals surface area contributed by atoms with E-state index >= 15 is 0 Å². The lowest BCUT2D eigenvalue weighted by Crippen LogP contribution is -2.08. The Kier molecular flexibility index (Phi) is 3.31. The molecule has 0 radical (unpaired) electrons. The van der Waals surface area contributed by atoms with Crippen molar-refractivity contribution < 1.29 is 0 Å². The van der Waals surface area contributed by atoms with Gasteiger partial charge in [0.1, 0.15) is 5.65 Å². The van der Waals surface area contributed by atoms with Gasteiger partial charge in [0, 0.05) is 47.7 Å². The molecule has 1 saturated heterocycles. The van der Waals surface area contributed by atoms with E-state index in [2.05, 4.69) is 51.5 Å². The summed E-state index contributed by atoms with van der Waals surface area (Å²) in [5.41, 5.74) is 5.98. The molecular formula is C21H20N4. The molecule has 4 heterocycles. The average Bonchev–Trinajstić information content (AvgIpc) is 3.31. The van der Waals surface area contributed by atoms with Crippen molar-refractivity contribution >= 4 is 21.8 Å². The first-order valence-electron chi connectivity index (χ1n) is 8.82. The van der Waals surface area contributed by atoms with Gasteiger partial charge in [0.15, 0.2) is 0 Å². The quantitative estimate of drug-likeness (QED) is 0.581. The average molecular weight is 328 g/mol. The normalized spacial score (nSPS) is 17.6. The Morgan fingerprint density at radius 3 is 2.92 bits per heavy atom. The number of nitrogens with zero attached hydrogens (tertiary/aromatic N) is 2. The van der Waals surface area contributed by atoms with E-state index in [-0.39, 0.29) is 0 Å². The van der Waals surface area contributed by atoms with Crippen LogP contribution in [-0.2, 0) is 0 Å². The fraction of sp³-hybridized carbons (Fsp3) is 0.238. The second-order valence-electron chi connectivity index (χ2n) is 6.94. The first kappa shape index (κ1) is 14.6. The molecule has 0 amide bonds. The van der Waals surface area contributed by atoms with Gasteiger partial charge in [-0.1, -0.05) is 6.07 Å². The van der Waals surface area contributed by atoms with Gasteiger partial charge in [-0.15, -0.1) is 0 Å². The molecule has 4 aromatic rings. The molecule has 3 aromatic heterocycles. The molecule has 124 valence electrons. The first-order valence-corrected chi connectivity index (χ1v) is 8.82. The molecule has 0 spiro atoms. The second-order valence-corrected chi connectivity index (χ2v) is 6.94. The van der Waals surface area contributed by atoms with Crippen molar-refractivity contribution in [2.24, 2.45) is 0 Å². The molecule has 1 aliphatic heterocycles. The van der Waals surface area contributed by atoms with Gasteiger partial charge in [-0.3, -0.25) is 4.98 Å². The van der Waals surface area contributed by atoms with E-state index in [1.54, 1.807) is 0 Å². The number of hydrogen-bond donors (Lipinski definition) is 2. The highest BCUT2D eigenvalue weighted by molar-refractivity contribution is 5.92. The number of aryl methyl sites for hydroxylation is 1. The van der Waals surface area contributed by atoms with Gasteiger partial charge in [0.25, 0.3) is 0 Å². The Morgan fingerprint density at radius 2 is 2.04 bits per heavy atom.